The van der Waals surface area contributed by atoms with Gasteiger partial charge in [-0.25, -0.2) is 10.4 Å². The van der Waals surface area contributed by atoms with Gasteiger partial charge >= 0.3 is 0 Å². The van der Waals surface area contributed by atoms with Gasteiger partial charge in [0.2, 0.25) is 0 Å². The Balaban J connectivity index is 1.81. The van der Waals surface area contributed by atoms with E-state index in [-0.39, 0.29) is 0 Å². The third-order valence-corrected chi connectivity index (χ3v) is 2.13. The van der Waals surface area contributed by atoms with Crippen LogP contribution in [0.15, 0.2) is 0 Å². The molecule has 82 valence electrons. The zero-order valence-electron chi connectivity index (χ0n) is 8.84. The SMILES string of the molecule is CNCCNCC[N+](=N)CCN1CN1. The molecule has 1 saturated heterocycles. The highest BCUT2D eigenvalue weighted by Gasteiger charge is 2.17. The standard InChI is InChI=1S/C8H21N6/c1-10-2-3-11-4-5-13(9)6-7-14-8-12-14/h9-12H,2-8H2,1H3/q+1. The van der Waals surface area contributed by atoms with Crippen LogP contribution in [-0.2, 0) is 0 Å². The van der Waals surface area contributed by atoms with Gasteiger partial charge in [0.15, 0.2) is 13.1 Å². The third-order valence-electron chi connectivity index (χ3n) is 2.13. The summed E-state index contributed by atoms with van der Waals surface area (Å²) in [6, 6.07) is 0. The molecule has 1 aliphatic heterocycles. The van der Waals surface area contributed by atoms with Crippen LogP contribution in [0.3, 0.4) is 0 Å². The van der Waals surface area contributed by atoms with Gasteiger partial charge in [0.05, 0.1) is 19.8 Å². The zero-order chi connectivity index (χ0) is 10.2. The molecule has 0 spiro atoms. The number of hydrazine groups is 1. The molecule has 0 aromatic rings. The summed E-state index contributed by atoms with van der Waals surface area (Å²) in [5.74, 6) is 0. The van der Waals surface area contributed by atoms with Crippen LogP contribution in [0.5, 0.6) is 0 Å². The maximum Gasteiger partial charge on any atom is 0.182 e. The molecule has 0 saturated carbocycles. The summed E-state index contributed by atoms with van der Waals surface area (Å²) in [6.07, 6.45) is 0. The van der Waals surface area contributed by atoms with Crippen molar-refractivity contribution in [3.05, 3.63) is 0 Å². The van der Waals surface area contributed by atoms with Gasteiger partial charge in [-0.15, -0.1) is 4.70 Å². The molecule has 1 rings (SSSR count). The first kappa shape index (κ1) is 11.5. The molecule has 0 radical (unpaired) electrons. The fraction of sp³-hybridized carbons (Fsp3) is 1.00. The van der Waals surface area contributed by atoms with Crippen molar-refractivity contribution in [3.8, 4) is 0 Å². The van der Waals surface area contributed by atoms with Crippen molar-refractivity contribution < 1.29 is 4.70 Å². The lowest BCUT2D eigenvalue weighted by molar-refractivity contribution is -0.612. The molecular formula is C8H21N6+. The molecule has 4 N–H and O–H groups in total. The van der Waals surface area contributed by atoms with Crippen molar-refractivity contribution in [2.75, 3.05) is 53.0 Å². The Morgan fingerprint density at radius 1 is 1.36 bits per heavy atom. The van der Waals surface area contributed by atoms with Crippen LogP contribution in [0.4, 0.5) is 0 Å². The number of nitrogens with zero attached hydrogens (tertiary/aromatic N) is 2. The largest absolute Gasteiger partial charge is 0.318 e. The first-order chi connectivity index (χ1) is 6.83. The van der Waals surface area contributed by atoms with E-state index in [0.717, 1.165) is 45.9 Å². The lowest BCUT2D eigenvalue weighted by Gasteiger charge is -2.02. The highest BCUT2D eigenvalue weighted by molar-refractivity contribution is 4.57. The second-order valence-electron chi connectivity index (χ2n) is 3.42. The molecular weight excluding hydrogens is 180 g/mol. The predicted octanol–water partition coefficient (Wildman–Crippen LogP) is -1.38. The van der Waals surface area contributed by atoms with E-state index >= 15 is 0 Å². The Bertz CT molecular complexity index is 167. The van der Waals surface area contributed by atoms with Gasteiger partial charge in [-0.3, -0.25) is 0 Å². The number of hydrogen-bond acceptors (Lipinski definition) is 5. The van der Waals surface area contributed by atoms with E-state index in [1.54, 1.807) is 4.70 Å². The fourth-order valence-corrected chi connectivity index (χ4v) is 1.11. The van der Waals surface area contributed by atoms with Crippen LogP contribution in [0.1, 0.15) is 0 Å². The Labute approximate surface area is 85.1 Å². The molecule has 0 aromatic carbocycles. The first-order valence-corrected chi connectivity index (χ1v) is 5.13. The molecule has 0 amide bonds. The van der Waals surface area contributed by atoms with Gasteiger partial charge in [-0.05, 0) is 7.05 Å². The van der Waals surface area contributed by atoms with E-state index in [2.05, 4.69) is 21.1 Å². The highest BCUT2D eigenvalue weighted by atomic mass is 15.7. The first-order valence-electron chi connectivity index (χ1n) is 5.13. The van der Waals surface area contributed by atoms with Crippen LogP contribution < -0.4 is 16.1 Å². The predicted molar refractivity (Wildman–Crippen MR) is 54.2 cm³/mol. The molecule has 6 heteroatoms. The van der Waals surface area contributed by atoms with Gasteiger partial charge < -0.3 is 10.6 Å². The van der Waals surface area contributed by atoms with Crippen molar-refractivity contribution >= 4 is 0 Å². The Morgan fingerprint density at radius 3 is 2.79 bits per heavy atom. The average molecular weight is 201 g/mol. The molecule has 1 atom stereocenters. The van der Waals surface area contributed by atoms with Crippen LogP contribution in [0, 0.1) is 5.53 Å². The minimum absolute atomic E-state index is 0.789. The zero-order valence-corrected chi connectivity index (χ0v) is 8.84. The minimum Gasteiger partial charge on any atom is -0.318 e. The van der Waals surface area contributed by atoms with Crippen LogP contribution >= 0.6 is 0 Å². The average Bonchev–Trinajstić information content (AvgIpc) is 2.98. The second kappa shape index (κ2) is 6.83. The van der Waals surface area contributed by atoms with Gasteiger partial charge in [-0.2, -0.15) is 0 Å². The van der Waals surface area contributed by atoms with E-state index in [1.807, 2.05) is 7.05 Å². The van der Waals surface area contributed by atoms with Crippen molar-refractivity contribution in [2.45, 2.75) is 0 Å². The number of hydrogen-bond donors (Lipinski definition) is 4. The smallest absolute Gasteiger partial charge is 0.182 e. The van der Waals surface area contributed by atoms with E-state index in [0.29, 0.717) is 0 Å². The van der Waals surface area contributed by atoms with Crippen LogP contribution in [-0.4, -0.2) is 62.7 Å². The molecule has 1 heterocycles. The number of likely N-dealkylation sites (N-methyl/N-ethyl adjacent to an activating group) is 1. The van der Waals surface area contributed by atoms with Gasteiger partial charge in [0.1, 0.15) is 0 Å². The highest BCUT2D eigenvalue weighted by Crippen LogP contribution is 1.91. The van der Waals surface area contributed by atoms with Gasteiger partial charge in [0.25, 0.3) is 0 Å². The van der Waals surface area contributed by atoms with Crippen molar-refractivity contribution in [2.24, 2.45) is 0 Å². The summed E-state index contributed by atoms with van der Waals surface area (Å²) in [5.41, 5.74) is 10.7. The Morgan fingerprint density at radius 2 is 2.14 bits per heavy atom. The van der Waals surface area contributed by atoms with Gasteiger partial charge in [-0.1, -0.05) is 5.53 Å². The topological polar surface area (TPSA) is 75.9 Å². The van der Waals surface area contributed by atoms with E-state index in [4.69, 9.17) is 5.53 Å². The Hall–Kier alpha value is -0.560. The summed E-state index contributed by atoms with van der Waals surface area (Å²) in [4.78, 5) is 0. The molecule has 14 heavy (non-hydrogen) atoms. The summed E-state index contributed by atoms with van der Waals surface area (Å²) < 4.78 is 1.60. The molecule has 1 fully saturated rings. The maximum atomic E-state index is 7.60. The maximum absolute atomic E-state index is 7.60. The summed E-state index contributed by atoms with van der Waals surface area (Å²) in [6.45, 7) is 6.36. The molecule has 0 aromatic heterocycles. The lowest BCUT2D eigenvalue weighted by atomic mass is 10.5. The lowest BCUT2D eigenvalue weighted by Crippen LogP contribution is -2.31. The summed E-state index contributed by atoms with van der Waals surface area (Å²) >= 11 is 0. The normalized spacial score (nSPS) is 19.6. The summed E-state index contributed by atoms with van der Waals surface area (Å²) in [7, 11) is 1.94. The van der Waals surface area contributed by atoms with Crippen LogP contribution in [0.25, 0.3) is 0 Å². The molecule has 0 bridgehead atoms. The van der Waals surface area contributed by atoms with Crippen LogP contribution in [0.2, 0.25) is 0 Å². The molecule has 1 aliphatic rings. The quantitative estimate of drug-likeness (QED) is 0.160. The number of rotatable bonds is 9. The second-order valence-corrected chi connectivity index (χ2v) is 3.42. The molecule has 6 nitrogen and oxygen atoms in total. The fourth-order valence-electron chi connectivity index (χ4n) is 1.11. The summed E-state index contributed by atoms with van der Waals surface area (Å²) in [5, 5.41) is 8.43. The van der Waals surface area contributed by atoms with Crippen molar-refractivity contribution in [3.63, 3.8) is 0 Å². The minimum atomic E-state index is 0.789. The van der Waals surface area contributed by atoms with Crippen molar-refractivity contribution in [1.29, 1.82) is 5.53 Å². The van der Waals surface area contributed by atoms with E-state index < -0.39 is 0 Å². The van der Waals surface area contributed by atoms with E-state index in [9.17, 15) is 0 Å². The molecule has 0 aliphatic carbocycles. The monoisotopic (exact) mass is 201 g/mol. The third kappa shape index (κ3) is 5.98. The Kier molecular flexibility index (Phi) is 5.62. The van der Waals surface area contributed by atoms with Crippen molar-refractivity contribution in [1.82, 2.24) is 21.1 Å². The molecule has 1 unspecified atom stereocenters. The van der Waals surface area contributed by atoms with Gasteiger partial charge in [0, 0.05) is 13.1 Å². The number of nitrogens with one attached hydrogen (secondary N) is 4. The van der Waals surface area contributed by atoms with E-state index in [1.165, 1.54) is 0 Å².